The van der Waals surface area contributed by atoms with Crippen LogP contribution in [0.3, 0.4) is 0 Å². The van der Waals surface area contributed by atoms with Crippen LogP contribution in [0.4, 0.5) is 4.39 Å². The number of hydrogen-bond acceptors (Lipinski definition) is 3. The van der Waals surface area contributed by atoms with E-state index in [0.717, 1.165) is 5.69 Å². The molecule has 0 aliphatic rings. The Balaban J connectivity index is 2.62. The van der Waals surface area contributed by atoms with Crippen molar-refractivity contribution in [2.45, 2.75) is 13.3 Å². The molecule has 0 spiro atoms. The fourth-order valence-corrected chi connectivity index (χ4v) is 1.97. The molecule has 1 aromatic heterocycles. The molecule has 0 fully saturated rings. The predicted molar refractivity (Wildman–Crippen MR) is 69.2 cm³/mol. The van der Waals surface area contributed by atoms with Crippen molar-refractivity contribution in [2.24, 2.45) is 7.05 Å². The molecule has 0 saturated carbocycles. The SMILES string of the molecule is COc1ccc(F)cc1-c1nc(CC#N)c(C)n1C. The lowest BCUT2D eigenvalue weighted by atomic mass is 10.2. The van der Waals surface area contributed by atoms with E-state index in [4.69, 9.17) is 10.00 Å². The normalized spacial score (nSPS) is 10.3. The summed E-state index contributed by atoms with van der Waals surface area (Å²) in [5, 5.41) is 8.78. The summed E-state index contributed by atoms with van der Waals surface area (Å²) in [5.74, 6) is 0.801. The fraction of sp³-hybridized carbons (Fsp3) is 0.286. The number of ether oxygens (including phenoxy) is 1. The van der Waals surface area contributed by atoms with Crippen LogP contribution in [0.1, 0.15) is 11.4 Å². The molecule has 1 heterocycles. The van der Waals surface area contributed by atoms with Gasteiger partial charge in [-0.1, -0.05) is 0 Å². The average Bonchev–Trinajstić information content (AvgIpc) is 2.67. The van der Waals surface area contributed by atoms with Crippen LogP contribution >= 0.6 is 0 Å². The van der Waals surface area contributed by atoms with Gasteiger partial charge in [-0.05, 0) is 25.1 Å². The maximum absolute atomic E-state index is 13.4. The van der Waals surface area contributed by atoms with Crippen LogP contribution in [0, 0.1) is 24.1 Å². The van der Waals surface area contributed by atoms with Crippen molar-refractivity contribution in [3.8, 4) is 23.2 Å². The van der Waals surface area contributed by atoms with E-state index >= 15 is 0 Å². The summed E-state index contributed by atoms with van der Waals surface area (Å²) in [6.07, 6.45) is 0.233. The van der Waals surface area contributed by atoms with Gasteiger partial charge in [0.2, 0.25) is 0 Å². The van der Waals surface area contributed by atoms with Crippen molar-refractivity contribution in [3.63, 3.8) is 0 Å². The van der Waals surface area contributed by atoms with Crippen molar-refractivity contribution in [2.75, 3.05) is 7.11 Å². The third-order valence-corrected chi connectivity index (χ3v) is 3.13. The Morgan fingerprint density at radius 3 is 2.84 bits per heavy atom. The lowest BCUT2D eigenvalue weighted by molar-refractivity contribution is 0.415. The molecule has 0 bridgehead atoms. The van der Waals surface area contributed by atoms with Gasteiger partial charge in [0.25, 0.3) is 0 Å². The lowest BCUT2D eigenvalue weighted by Gasteiger charge is -2.08. The topological polar surface area (TPSA) is 50.8 Å². The van der Waals surface area contributed by atoms with E-state index in [1.54, 1.807) is 6.07 Å². The van der Waals surface area contributed by atoms with Crippen LogP contribution in [0.5, 0.6) is 5.75 Å². The van der Waals surface area contributed by atoms with E-state index in [0.29, 0.717) is 22.8 Å². The third-order valence-electron chi connectivity index (χ3n) is 3.13. The standard InChI is InChI=1S/C14H14FN3O/c1-9-12(6-7-16)17-14(18(9)2)11-8-10(15)4-5-13(11)19-3/h4-5,8H,6H2,1-3H3. The van der Waals surface area contributed by atoms with Gasteiger partial charge in [-0.2, -0.15) is 5.26 Å². The molecule has 0 N–H and O–H groups in total. The molecule has 1 aromatic carbocycles. The quantitative estimate of drug-likeness (QED) is 0.851. The van der Waals surface area contributed by atoms with Gasteiger partial charge in [0.05, 0.1) is 30.9 Å². The van der Waals surface area contributed by atoms with Gasteiger partial charge in [0.1, 0.15) is 17.4 Å². The zero-order valence-corrected chi connectivity index (χ0v) is 11.1. The second kappa shape index (κ2) is 5.11. The maximum atomic E-state index is 13.4. The van der Waals surface area contributed by atoms with E-state index in [1.807, 2.05) is 18.5 Å². The number of hydrogen-bond donors (Lipinski definition) is 0. The largest absolute Gasteiger partial charge is 0.496 e. The van der Waals surface area contributed by atoms with Crippen molar-refractivity contribution in [1.82, 2.24) is 9.55 Å². The molecule has 0 aliphatic carbocycles. The second-order valence-corrected chi connectivity index (χ2v) is 4.21. The summed E-state index contributed by atoms with van der Waals surface area (Å²) >= 11 is 0. The highest BCUT2D eigenvalue weighted by atomic mass is 19.1. The number of halogens is 1. The summed E-state index contributed by atoms with van der Waals surface area (Å²) < 4.78 is 20.5. The summed E-state index contributed by atoms with van der Waals surface area (Å²) in [5.41, 5.74) is 2.17. The summed E-state index contributed by atoms with van der Waals surface area (Å²) in [4.78, 5) is 4.41. The van der Waals surface area contributed by atoms with Crippen LogP contribution in [0.25, 0.3) is 11.4 Å². The number of nitrogens with zero attached hydrogens (tertiary/aromatic N) is 3. The molecule has 0 radical (unpaired) electrons. The Hall–Kier alpha value is -2.35. The summed E-state index contributed by atoms with van der Waals surface area (Å²) in [6.45, 7) is 1.88. The molecule has 2 aromatic rings. The highest BCUT2D eigenvalue weighted by Crippen LogP contribution is 2.30. The number of imidazole rings is 1. The Labute approximate surface area is 111 Å². The molecule has 98 valence electrons. The summed E-state index contributed by atoms with van der Waals surface area (Å²) in [6, 6.07) is 6.37. The Bertz CT molecular complexity index is 655. The fourth-order valence-electron chi connectivity index (χ4n) is 1.97. The minimum Gasteiger partial charge on any atom is -0.496 e. The molecule has 0 atom stereocenters. The zero-order chi connectivity index (χ0) is 14.0. The molecule has 2 rings (SSSR count). The smallest absolute Gasteiger partial charge is 0.144 e. The first kappa shape index (κ1) is 13.1. The minimum atomic E-state index is -0.349. The van der Waals surface area contributed by atoms with Crippen LogP contribution in [-0.2, 0) is 13.5 Å². The van der Waals surface area contributed by atoms with Gasteiger partial charge < -0.3 is 9.30 Å². The van der Waals surface area contributed by atoms with E-state index in [-0.39, 0.29) is 12.2 Å². The van der Waals surface area contributed by atoms with Crippen LogP contribution in [0.15, 0.2) is 18.2 Å². The van der Waals surface area contributed by atoms with Crippen LogP contribution < -0.4 is 4.74 Å². The Kier molecular flexibility index (Phi) is 3.52. The molecule has 5 heteroatoms. The average molecular weight is 259 g/mol. The second-order valence-electron chi connectivity index (χ2n) is 4.21. The van der Waals surface area contributed by atoms with Gasteiger partial charge in [-0.25, -0.2) is 9.37 Å². The molecule has 0 unspecified atom stereocenters. The van der Waals surface area contributed by atoms with Gasteiger partial charge in [-0.3, -0.25) is 0 Å². The van der Waals surface area contributed by atoms with E-state index in [2.05, 4.69) is 11.1 Å². The van der Waals surface area contributed by atoms with E-state index in [9.17, 15) is 4.39 Å². The number of rotatable bonds is 3. The number of aromatic nitrogens is 2. The first-order chi connectivity index (χ1) is 9.08. The molecule has 4 nitrogen and oxygen atoms in total. The minimum absolute atomic E-state index is 0.233. The number of methoxy groups -OCH3 is 1. The first-order valence-electron chi connectivity index (χ1n) is 5.81. The molecule has 19 heavy (non-hydrogen) atoms. The maximum Gasteiger partial charge on any atom is 0.144 e. The highest BCUT2D eigenvalue weighted by molar-refractivity contribution is 5.65. The van der Waals surface area contributed by atoms with Crippen molar-refractivity contribution in [3.05, 3.63) is 35.4 Å². The zero-order valence-electron chi connectivity index (χ0n) is 11.1. The monoisotopic (exact) mass is 259 g/mol. The van der Waals surface area contributed by atoms with Crippen molar-refractivity contribution in [1.29, 1.82) is 5.26 Å². The molecular formula is C14H14FN3O. The predicted octanol–water partition coefficient (Wildman–Crippen LogP) is 2.61. The van der Waals surface area contributed by atoms with Crippen molar-refractivity contribution < 1.29 is 9.13 Å². The molecule has 0 saturated heterocycles. The lowest BCUT2D eigenvalue weighted by Crippen LogP contribution is -1.97. The van der Waals surface area contributed by atoms with Crippen LogP contribution in [0.2, 0.25) is 0 Å². The van der Waals surface area contributed by atoms with E-state index in [1.165, 1.54) is 19.2 Å². The number of benzene rings is 1. The Morgan fingerprint density at radius 1 is 1.47 bits per heavy atom. The molecule has 0 aliphatic heterocycles. The van der Waals surface area contributed by atoms with Gasteiger partial charge in [0, 0.05) is 12.7 Å². The van der Waals surface area contributed by atoms with Crippen LogP contribution in [-0.4, -0.2) is 16.7 Å². The highest BCUT2D eigenvalue weighted by Gasteiger charge is 2.16. The Morgan fingerprint density at radius 2 is 2.21 bits per heavy atom. The van der Waals surface area contributed by atoms with E-state index < -0.39 is 0 Å². The summed E-state index contributed by atoms with van der Waals surface area (Å²) in [7, 11) is 3.37. The van der Waals surface area contributed by atoms with Crippen molar-refractivity contribution >= 4 is 0 Å². The third kappa shape index (κ3) is 2.29. The van der Waals surface area contributed by atoms with Gasteiger partial charge >= 0.3 is 0 Å². The number of nitriles is 1. The van der Waals surface area contributed by atoms with Gasteiger partial charge in [-0.15, -0.1) is 0 Å². The van der Waals surface area contributed by atoms with Gasteiger partial charge in [0.15, 0.2) is 0 Å². The first-order valence-corrected chi connectivity index (χ1v) is 5.81. The molecule has 0 amide bonds. The molecular weight excluding hydrogens is 245 g/mol.